The monoisotopic (exact) mass is 282 g/mol. The maximum Gasteiger partial charge on any atom is 0.230 e. The zero-order chi connectivity index (χ0) is 14.2. The number of nitrogens with zero attached hydrogens (tertiary/aromatic N) is 1. The molecule has 0 heterocycles. The molecule has 0 aliphatic heterocycles. The third-order valence-corrected chi connectivity index (χ3v) is 3.70. The highest BCUT2D eigenvalue weighted by Gasteiger charge is 2.03. The summed E-state index contributed by atoms with van der Waals surface area (Å²) >= 11 is 1.46. The first-order valence-corrected chi connectivity index (χ1v) is 7.20. The van der Waals surface area contributed by atoms with Gasteiger partial charge in [-0.25, -0.2) is 0 Å². The summed E-state index contributed by atoms with van der Waals surface area (Å²) in [7, 11) is 0. The Morgan fingerprint density at radius 3 is 2.45 bits per heavy atom. The molecule has 0 aliphatic carbocycles. The molecule has 1 N–H and O–H groups in total. The first-order valence-electron chi connectivity index (χ1n) is 6.21. The summed E-state index contributed by atoms with van der Waals surface area (Å²) in [6.45, 7) is 0.549. The number of hydrogen-bond acceptors (Lipinski definition) is 3. The van der Waals surface area contributed by atoms with E-state index >= 15 is 0 Å². The Labute approximate surface area is 122 Å². The molecule has 0 spiro atoms. The maximum absolute atomic E-state index is 11.7. The van der Waals surface area contributed by atoms with Gasteiger partial charge in [0.15, 0.2) is 0 Å². The lowest BCUT2D eigenvalue weighted by Gasteiger charge is -2.05. The number of carbonyl (C=O) groups excluding carboxylic acids is 1. The van der Waals surface area contributed by atoms with Crippen molar-refractivity contribution >= 4 is 17.7 Å². The van der Waals surface area contributed by atoms with Crippen LogP contribution in [0.2, 0.25) is 0 Å². The second-order valence-corrected chi connectivity index (χ2v) is 5.24. The molecule has 3 nitrogen and oxygen atoms in total. The van der Waals surface area contributed by atoms with Gasteiger partial charge in [0.05, 0.1) is 17.4 Å². The normalized spacial score (nSPS) is 9.75. The third kappa shape index (κ3) is 4.45. The maximum atomic E-state index is 11.7. The van der Waals surface area contributed by atoms with Gasteiger partial charge in [-0.05, 0) is 29.8 Å². The smallest absolute Gasteiger partial charge is 0.230 e. The molecule has 0 bridgehead atoms. The number of nitrogens with one attached hydrogen (secondary N) is 1. The van der Waals surface area contributed by atoms with Crippen molar-refractivity contribution in [3.8, 4) is 6.07 Å². The highest BCUT2D eigenvalue weighted by molar-refractivity contribution is 8.00. The highest BCUT2D eigenvalue weighted by atomic mass is 32.2. The van der Waals surface area contributed by atoms with Crippen LogP contribution < -0.4 is 5.32 Å². The van der Waals surface area contributed by atoms with Crippen molar-refractivity contribution in [1.82, 2.24) is 5.32 Å². The molecule has 2 aromatic rings. The molecule has 0 unspecified atom stereocenters. The van der Waals surface area contributed by atoms with E-state index in [1.54, 1.807) is 12.1 Å². The van der Waals surface area contributed by atoms with E-state index < -0.39 is 0 Å². The van der Waals surface area contributed by atoms with Crippen molar-refractivity contribution in [2.45, 2.75) is 11.4 Å². The van der Waals surface area contributed by atoms with Crippen molar-refractivity contribution in [2.24, 2.45) is 0 Å². The molecule has 20 heavy (non-hydrogen) atoms. The fraction of sp³-hybridized carbons (Fsp3) is 0.125. The largest absolute Gasteiger partial charge is 0.351 e. The molecule has 1 amide bonds. The van der Waals surface area contributed by atoms with Crippen molar-refractivity contribution in [2.75, 3.05) is 5.75 Å². The summed E-state index contributed by atoms with van der Waals surface area (Å²) in [5.41, 5.74) is 1.71. The van der Waals surface area contributed by atoms with Gasteiger partial charge < -0.3 is 5.32 Å². The molecular weight excluding hydrogens is 268 g/mol. The number of hydrogen-bond donors (Lipinski definition) is 1. The number of thioether (sulfide) groups is 1. The van der Waals surface area contributed by atoms with Crippen LogP contribution in [0.4, 0.5) is 0 Å². The summed E-state index contributed by atoms with van der Waals surface area (Å²) in [4.78, 5) is 12.7. The van der Waals surface area contributed by atoms with Gasteiger partial charge >= 0.3 is 0 Å². The second-order valence-electron chi connectivity index (χ2n) is 4.19. The number of amides is 1. The lowest BCUT2D eigenvalue weighted by atomic mass is 10.2. The topological polar surface area (TPSA) is 52.9 Å². The van der Waals surface area contributed by atoms with E-state index in [9.17, 15) is 4.79 Å². The molecular formula is C16H14N2OS. The summed E-state index contributed by atoms with van der Waals surface area (Å²) in [6.07, 6.45) is 0. The van der Waals surface area contributed by atoms with Gasteiger partial charge in [0.2, 0.25) is 5.91 Å². The lowest BCUT2D eigenvalue weighted by Crippen LogP contribution is -2.24. The van der Waals surface area contributed by atoms with Crippen LogP contribution >= 0.6 is 11.8 Å². The Bertz CT molecular complexity index is 603. The van der Waals surface area contributed by atoms with Gasteiger partial charge in [0, 0.05) is 11.4 Å². The molecule has 2 rings (SSSR count). The molecule has 0 atom stereocenters. The molecule has 100 valence electrons. The second kappa shape index (κ2) is 7.37. The summed E-state index contributed by atoms with van der Waals surface area (Å²) in [5.74, 6) is 0.377. The Hall–Kier alpha value is -2.25. The van der Waals surface area contributed by atoms with E-state index in [1.807, 2.05) is 42.5 Å². The van der Waals surface area contributed by atoms with E-state index in [4.69, 9.17) is 5.26 Å². The standard InChI is InChI=1S/C16H14N2OS/c17-10-13-6-8-15(9-7-13)20-12-16(19)18-11-14-4-2-1-3-5-14/h1-9H,11-12H2,(H,18,19). The summed E-state index contributed by atoms with van der Waals surface area (Å²) < 4.78 is 0. The van der Waals surface area contributed by atoms with Crippen LogP contribution in [0, 0.1) is 11.3 Å². The highest BCUT2D eigenvalue weighted by Crippen LogP contribution is 2.17. The van der Waals surface area contributed by atoms with E-state index in [1.165, 1.54) is 11.8 Å². The Balaban J connectivity index is 1.76. The number of nitriles is 1. The summed E-state index contributed by atoms with van der Waals surface area (Å²) in [6, 6.07) is 19.1. The molecule has 0 aliphatic rings. The fourth-order valence-corrected chi connectivity index (χ4v) is 2.35. The van der Waals surface area contributed by atoms with E-state index in [0.29, 0.717) is 17.9 Å². The molecule has 4 heteroatoms. The quantitative estimate of drug-likeness (QED) is 0.858. The van der Waals surface area contributed by atoms with Gasteiger partial charge in [0.1, 0.15) is 0 Å². The summed E-state index contributed by atoms with van der Waals surface area (Å²) in [5, 5.41) is 11.6. The molecule has 0 aromatic heterocycles. The van der Waals surface area contributed by atoms with E-state index in [0.717, 1.165) is 10.5 Å². The van der Waals surface area contributed by atoms with Crippen LogP contribution in [0.1, 0.15) is 11.1 Å². The van der Waals surface area contributed by atoms with Crippen LogP contribution in [0.5, 0.6) is 0 Å². The van der Waals surface area contributed by atoms with Gasteiger partial charge in [-0.15, -0.1) is 11.8 Å². The van der Waals surface area contributed by atoms with Crippen LogP contribution in [0.25, 0.3) is 0 Å². The number of benzene rings is 2. The van der Waals surface area contributed by atoms with Gasteiger partial charge in [0.25, 0.3) is 0 Å². The fourth-order valence-electron chi connectivity index (χ4n) is 1.62. The minimum atomic E-state index is 0.00297. The molecule has 0 fully saturated rings. The Morgan fingerprint density at radius 1 is 1.10 bits per heavy atom. The van der Waals surface area contributed by atoms with Crippen molar-refractivity contribution in [1.29, 1.82) is 5.26 Å². The SMILES string of the molecule is N#Cc1ccc(SCC(=O)NCc2ccccc2)cc1. The molecule has 0 radical (unpaired) electrons. The zero-order valence-electron chi connectivity index (χ0n) is 10.9. The predicted molar refractivity (Wildman–Crippen MR) is 80.2 cm³/mol. The molecule has 2 aromatic carbocycles. The van der Waals surface area contributed by atoms with E-state index in [2.05, 4.69) is 11.4 Å². The predicted octanol–water partition coefficient (Wildman–Crippen LogP) is 2.97. The van der Waals surface area contributed by atoms with Crippen LogP contribution in [-0.4, -0.2) is 11.7 Å². The van der Waals surface area contributed by atoms with Crippen molar-refractivity contribution < 1.29 is 4.79 Å². The van der Waals surface area contributed by atoms with Crippen molar-refractivity contribution in [3.63, 3.8) is 0 Å². The van der Waals surface area contributed by atoms with Crippen molar-refractivity contribution in [3.05, 3.63) is 65.7 Å². The van der Waals surface area contributed by atoms with Crippen LogP contribution in [0.15, 0.2) is 59.5 Å². The van der Waals surface area contributed by atoms with Gasteiger partial charge in [-0.3, -0.25) is 4.79 Å². The number of rotatable bonds is 5. The van der Waals surface area contributed by atoms with Crippen LogP contribution in [-0.2, 0) is 11.3 Å². The molecule has 0 saturated carbocycles. The zero-order valence-corrected chi connectivity index (χ0v) is 11.7. The third-order valence-electron chi connectivity index (χ3n) is 2.69. The first-order chi connectivity index (χ1) is 9.78. The average Bonchev–Trinajstić information content (AvgIpc) is 2.52. The lowest BCUT2D eigenvalue weighted by molar-refractivity contribution is -0.118. The van der Waals surface area contributed by atoms with E-state index in [-0.39, 0.29) is 5.91 Å². The van der Waals surface area contributed by atoms with Crippen LogP contribution in [0.3, 0.4) is 0 Å². The molecule has 0 saturated heterocycles. The Morgan fingerprint density at radius 2 is 1.80 bits per heavy atom. The number of carbonyl (C=O) groups is 1. The van der Waals surface area contributed by atoms with Gasteiger partial charge in [-0.2, -0.15) is 5.26 Å². The minimum absolute atomic E-state index is 0.00297. The average molecular weight is 282 g/mol. The Kier molecular flexibility index (Phi) is 5.22. The first kappa shape index (κ1) is 14.2. The minimum Gasteiger partial charge on any atom is -0.351 e. The van der Waals surface area contributed by atoms with Gasteiger partial charge in [-0.1, -0.05) is 30.3 Å².